The van der Waals surface area contributed by atoms with Gasteiger partial charge in [-0.25, -0.2) is 4.39 Å². The van der Waals surface area contributed by atoms with E-state index in [1.807, 2.05) is 20.8 Å². The van der Waals surface area contributed by atoms with E-state index < -0.39 is 11.7 Å². The number of anilines is 1. The normalized spacial score (nSPS) is 14.0. The molecule has 0 bridgehead atoms. The molecule has 3 heterocycles. The Balaban J connectivity index is 1.21. The number of halogens is 1. The highest BCUT2D eigenvalue weighted by molar-refractivity contribution is 6.13. The minimum absolute atomic E-state index is 0.00582. The third-order valence-electron chi connectivity index (χ3n) is 7.88. The predicted octanol–water partition coefficient (Wildman–Crippen LogP) is 6.97. The summed E-state index contributed by atoms with van der Waals surface area (Å²) >= 11 is 0. The maximum absolute atomic E-state index is 15.9. The van der Waals surface area contributed by atoms with Crippen LogP contribution in [0.1, 0.15) is 43.3 Å². The van der Waals surface area contributed by atoms with Crippen LogP contribution in [0.4, 0.5) is 10.2 Å². The van der Waals surface area contributed by atoms with E-state index in [0.717, 1.165) is 39.3 Å². The highest BCUT2D eigenvalue weighted by atomic mass is 19.1. The lowest BCUT2D eigenvalue weighted by molar-refractivity contribution is 0.0357. The summed E-state index contributed by atoms with van der Waals surface area (Å²) in [6.07, 6.45) is 2.46. The average Bonchev–Trinajstić information content (AvgIpc) is 3.54. The third kappa shape index (κ3) is 6.75. The highest BCUT2D eigenvalue weighted by Gasteiger charge is 2.22. The molecule has 1 amide bonds. The lowest BCUT2D eigenvalue weighted by Gasteiger charge is -2.26. The Morgan fingerprint density at radius 2 is 1.80 bits per heavy atom. The Kier molecular flexibility index (Phi) is 9.05. The number of hydrogen-bond acceptors (Lipinski definition) is 9. The monoisotopic (exact) mass is 628 g/mol. The molecule has 240 valence electrons. The number of amides is 1. The first-order valence-corrected chi connectivity index (χ1v) is 15.3. The van der Waals surface area contributed by atoms with Crippen LogP contribution in [0.2, 0.25) is 0 Å². The summed E-state index contributed by atoms with van der Waals surface area (Å²) in [6.45, 7) is 10.8. The summed E-state index contributed by atoms with van der Waals surface area (Å²) in [4.78, 5) is 20.0. The van der Waals surface area contributed by atoms with Crippen molar-refractivity contribution < 1.29 is 32.7 Å². The molecule has 1 aliphatic rings. The van der Waals surface area contributed by atoms with Gasteiger partial charge in [0.15, 0.2) is 28.9 Å². The molecule has 0 atom stereocenters. The Morgan fingerprint density at radius 1 is 0.978 bits per heavy atom. The third-order valence-corrected chi connectivity index (χ3v) is 7.88. The number of nitrogens with one attached hydrogen (secondary N) is 1. The molecular weight excluding hydrogens is 591 g/mol. The number of hydrogen-bond donors (Lipinski definition) is 1. The van der Waals surface area contributed by atoms with E-state index in [0.29, 0.717) is 51.5 Å². The molecule has 1 N–H and O–H groups in total. The Bertz CT molecular complexity index is 1860. The molecule has 2 aromatic heterocycles. The summed E-state index contributed by atoms with van der Waals surface area (Å²) in [6, 6.07) is 15.0. The highest BCUT2D eigenvalue weighted by Crippen LogP contribution is 2.39. The van der Waals surface area contributed by atoms with Crippen LogP contribution >= 0.6 is 0 Å². The van der Waals surface area contributed by atoms with Crippen molar-refractivity contribution in [3.63, 3.8) is 0 Å². The number of fused-ring (bicyclic) bond motifs is 2. The number of carbonyl (C=O) groups is 1. The second kappa shape index (κ2) is 13.3. The second-order valence-corrected chi connectivity index (χ2v) is 12.1. The molecule has 46 heavy (non-hydrogen) atoms. The van der Waals surface area contributed by atoms with Crippen LogP contribution < -0.4 is 19.5 Å². The molecule has 1 aliphatic heterocycles. The van der Waals surface area contributed by atoms with Crippen LogP contribution in [0, 0.1) is 5.82 Å². The van der Waals surface area contributed by atoms with Crippen LogP contribution in [0.25, 0.3) is 21.7 Å². The van der Waals surface area contributed by atoms with Gasteiger partial charge in [0, 0.05) is 59.7 Å². The molecular formula is C35H37FN4O6. The molecule has 0 saturated carbocycles. The molecule has 11 heteroatoms. The number of ether oxygens (including phenoxy) is 4. The van der Waals surface area contributed by atoms with Crippen LogP contribution in [0.3, 0.4) is 0 Å². The molecule has 0 unspecified atom stereocenters. The molecule has 5 aromatic rings. The number of aromatic nitrogens is 2. The standard InChI is InChI=1S/C35H37FN4O6/c1-35(2,3)31-21-32(39-46-31)38-34(41)24-8-5-7-23-22(24)9-10-28(33(23)36)45-27-11-12-37-26-20-30(29(42-4)19-25(26)27)44-16-6-13-40-14-17-43-18-15-40/h5,7-12,19-21H,6,13-18H2,1-4H3,(H,38,39,41). The molecule has 6 rings (SSSR count). The van der Waals surface area contributed by atoms with Gasteiger partial charge < -0.3 is 28.8 Å². The average molecular weight is 629 g/mol. The van der Waals surface area contributed by atoms with Crippen molar-refractivity contribution in [2.75, 3.05) is 51.9 Å². The molecule has 0 spiro atoms. The van der Waals surface area contributed by atoms with Crippen molar-refractivity contribution >= 4 is 33.4 Å². The fraction of sp³-hybridized carbons (Fsp3) is 0.343. The van der Waals surface area contributed by atoms with Crippen molar-refractivity contribution in [1.82, 2.24) is 15.0 Å². The molecule has 1 fully saturated rings. The molecule has 1 saturated heterocycles. The zero-order valence-corrected chi connectivity index (χ0v) is 26.4. The van der Waals surface area contributed by atoms with Gasteiger partial charge in [-0.2, -0.15) is 0 Å². The number of carbonyl (C=O) groups excluding carboxylic acids is 1. The number of benzene rings is 3. The van der Waals surface area contributed by atoms with Gasteiger partial charge in [0.2, 0.25) is 0 Å². The molecule has 0 aliphatic carbocycles. The number of nitrogens with zero attached hydrogens (tertiary/aromatic N) is 3. The van der Waals surface area contributed by atoms with Crippen molar-refractivity contribution in [3.05, 3.63) is 77.9 Å². The van der Waals surface area contributed by atoms with Crippen LogP contribution in [0.5, 0.6) is 23.0 Å². The summed E-state index contributed by atoms with van der Waals surface area (Å²) in [5.41, 5.74) is 0.642. The van der Waals surface area contributed by atoms with E-state index in [1.54, 1.807) is 61.8 Å². The minimum Gasteiger partial charge on any atom is -0.493 e. The van der Waals surface area contributed by atoms with Gasteiger partial charge in [-0.05, 0) is 42.1 Å². The Labute approximate surface area is 266 Å². The van der Waals surface area contributed by atoms with E-state index in [1.165, 1.54) is 6.07 Å². The van der Waals surface area contributed by atoms with Crippen molar-refractivity contribution in [2.45, 2.75) is 32.6 Å². The minimum atomic E-state index is -0.597. The number of methoxy groups -OCH3 is 1. The van der Waals surface area contributed by atoms with E-state index in [4.69, 9.17) is 23.5 Å². The fourth-order valence-electron chi connectivity index (χ4n) is 5.35. The van der Waals surface area contributed by atoms with Crippen molar-refractivity contribution in [2.24, 2.45) is 0 Å². The van der Waals surface area contributed by atoms with E-state index in [2.05, 4.69) is 20.4 Å². The largest absolute Gasteiger partial charge is 0.493 e. The molecule has 10 nitrogen and oxygen atoms in total. The molecule has 3 aromatic carbocycles. The predicted molar refractivity (Wildman–Crippen MR) is 173 cm³/mol. The van der Waals surface area contributed by atoms with Crippen LogP contribution in [-0.4, -0.2) is 67.5 Å². The maximum atomic E-state index is 15.9. The van der Waals surface area contributed by atoms with Crippen LogP contribution in [0.15, 0.2) is 65.3 Å². The van der Waals surface area contributed by atoms with Gasteiger partial charge in [-0.3, -0.25) is 14.7 Å². The number of pyridine rings is 1. The lowest BCUT2D eigenvalue weighted by atomic mass is 9.93. The fourth-order valence-corrected chi connectivity index (χ4v) is 5.35. The van der Waals surface area contributed by atoms with Crippen LogP contribution in [-0.2, 0) is 10.2 Å². The summed E-state index contributed by atoms with van der Waals surface area (Å²) < 4.78 is 44.5. The second-order valence-electron chi connectivity index (χ2n) is 12.1. The van der Waals surface area contributed by atoms with Gasteiger partial charge in [-0.15, -0.1) is 0 Å². The smallest absolute Gasteiger partial charge is 0.257 e. The van der Waals surface area contributed by atoms with Gasteiger partial charge in [0.25, 0.3) is 5.91 Å². The summed E-state index contributed by atoms with van der Waals surface area (Å²) in [5.74, 6) is 1.39. The van der Waals surface area contributed by atoms with E-state index in [9.17, 15) is 4.79 Å². The van der Waals surface area contributed by atoms with Gasteiger partial charge in [0.05, 0.1) is 32.4 Å². The summed E-state index contributed by atoms with van der Waals surface area (Å²) in [7, 11) is 1.57. The SMILES string of the molecule is COc1cc2c(Oc3ccc4c(C(=O)Nc5cc(C(C)(C)C)on5)cccc4c3F)ccnc2cc1OCCCN1CCOCC1. The first-order valence-electron chi connectivity index (χ1n) is 15.3. The zero-order valence-electron chi connectivity index (χ0n) is 26.4. The van der Waals surface area contributed by atoms with Crippen molar-refractivity contribution in [1.29, 1.82) is 0 Å². The Morgan fingerprint density at radius 3 is 2.57 bits per heavy atom. The topological polar surface area (TPSA) is 108 Å². The van der Waals surface area contributed by atoms with Gasteiger partial charge >= 0.3 is 0 Å². The molecule has 0 radical (unpaired) electrons. The first kappa shape index (κ1) is 31.3. The first-order chi connectivity index (χ1) is 22.2. The quantitative estimate of drug-likeness (QED) is 0.164. The summed E-state index contributed by atoms with van der Waals surface area (Å²) in [5, 5.41) is 8.01. The lowest BCUT2D eigenvalue weighted by Crippen LogP contribution is -2.37. The van der Waals surface area contributed by atoms with Gasteiger partial charge in [0.1, 0.15) is 11.5 Å². The van der Waals surface area contributed by atoms with Gasteiger partial charge in [-0.1, -0.05) is 38.1 Å². The van der Waals surface area contributed by atoms with E-state index in [-0.39, 0.29) is 22.4 Å². The number of rotatable bonds is 10. The number of morpholine rings is 1. The maximum Gasteiger partial charge on any atom is 0.257 e. The Hall–Kier alpha value is -4.74. The zero-order chi connectivity index (χ0) is 32.3. The van der Waals surface area contributed by atoms with E-state index >= 15 is 4.39 Å². The van der Waals surface area contributed by atoms with Crippen molar-refractivity contribution in [3.8, 4) is 23.0 Å².